The predicted octanol–water partition coefficient (Wildman–Crippen LogP) is 5.20. The Hall–Kier alpha value is -2.80. The van der Waals surface area contributed by atoms with Crippen molar-refractivity contribution in [1.29, 1.82) is 0 Å². The maximum Gasteiger partial charge on any atom is 0.410 e. The Bertz CT molecular complexity index is 1580. The molecule has 8 rings (SSSR count). The fraction of sp³-hybridized carbons (Fsp3) is 0.733. The SMILES string of the molecule is C[C@@H]1Oc2nc(Cl)c(F)c3nc(OC[C@@]45CCCN4CC4(CC4(F)F)C5)nc(c23)N2C[C@H]3CC[C@@H]([C@@H]12)N3C(=O)OC(C)(C)C. The van der Waals surface area contributed by atoms with Gasteiger partial charge in [-0.3, -0.25) is 9.80 Å². The summed E-state index contributed by atoms with van der Waals surface area (Å²) in [6, 6.07) is -0.804. The van der Waals surface area contributed by atoms with Crippen molar-refractivity contribution in [2.24, 2.45) is 5.41 Å². The summed E-state index contributed by atoms with van der Waals surface area (Å²) in [5.41, 5.74) is -2.25. The summed E-state index contributed by atoms with van der Waals surface area (Å²) in [4.78, 5) is 32.8. The number of nitrogens with zero attached hydrogens (tertiary/aromatic N) is 6. The summed E-state index contributed by atoms with van der Waals surface area (Å²) in [7, 11) is 0. The molecule has 0 aromatic carbocycles. The quantitative estimate of drug-likeness (QED) is 0.422. The van der Waals surface area contributed by atoms with Crippen molar-refractivity contribution in [3.8, 4) is 11.9 Å². The molecular formula is C30H36ClF3N6O4. The van der Waals surface area contributed by atoms with E-state index in [2.05, 4.69) is 19.8 Å². The van der Waals surface area contributed by atoms with E-state index >= 15 is 4.39 Å². The number of anilines is 1. The number of ether oxygens (including phenoxy) is 3. The maximum atomic E-state index is 15.6. The largest absolute Gasteiger partial charge is 0.472 e. The average molecular weight is 637 g/mol. The van der Waals surface area contributed by atoms with Crippen LogP contribution in [0.25, 0.3) is 10.9 Å². The number of alkyl halides is 2. The van der Waals surface area contributed by atoms with Gasteiger partial charge in [-0.15, -0.1) is 0 Å². The first-order valence-corrected chi connectivity index (χ1v) is 15.9. The lowest BCUT2D eigenvalue weighted by Gasteiger charge is -2.48. The van der Waals surface area contributed by atoms with Gasteiger partial charge >= 0.3 is 12.1 Å². The highest BCUT2D eigenvalue weighted by atomic mass is 35.5. The summed E-state index contributed by atoms with van der Waals surface area (Å²) in [6.07, 6.45) is 2.56. The van der Waals surface area contributed by atoms with Gasteiger partial charge in [-0.2, -0.15) is 15.0 Å². The number of aromatic nitrogens is 3. The first-order chi connectivity index (χ1) is 20.7. The van der Waals surface area contributed by atoms with Crippen molar-refractivity contribution in [1.82, 2.24) is 24.8 Å². The van der Waals surface area contributed by atoms with Crippen LogP contribution in [0.2, 0.25) is 5.15 Å². The zero-order valence-corrected chi connectivity index (χ0v) is 26.0. The molecule has 1 saturated carbocycles. The summed E-state index contributed by atoms with van der Waals surface area (Å²) in [5.74, 6) is -2.96. The van der Waals surface area contributed by atoms with Gasteiger partial charge in [0, 0.05) is 19.5 Å². The Balaban J connectivity index is 1.16. The van der Waals surface area contributed by atoms with Crippen molar-refractivity contribution in [3.63, 3.8) is 0 Å². The van der Waals surface area contributed by atoms with E-state index in [1.54, 1.807) is 0 Å². The minimum atomic E-state index is -2.65. The number of halogens is 4. The van der Waals surface area contributed by atoms with Gasteiger partial charge in [-0.05, 0) is 66.3 Å². The van der Waals surface area contributed by atoms with Gasteiger partial charge in [-0.1, -0.05) is 11.6 Å². The molecular weight excluding hydrogens is 601 g/mol. The molecule has 2 aromatic rings. The highest BCUT2D eigenvalue weighted by Crippen LogP contribution is 2.69. The Kier molecular flexibility index (Phi) is 5.95. The molecule has 238 valence electrons. The standard InChI is InChI=1S/C30H36ClF3N6O4/c1-15-21-17-7-6-16(40(17)26(41)44-27(2,3)4)10-39(21)23-18-20(19(32)22(31)36-24(18)43-15)35-25(37-23)42-14-29-8-5-9-38(29)13-28(11-29)12-30(28,33)34/h15-17,21H,5-14H2,1-4H3/t15-,16+,17-,21+,28?,29-/m0/s1. The van der Waals surface area contributed by atoms with E-state index < -0.39 is 34.4 Å². The van der Waals surface area contributed by atoms with Gasteiger partial charge in [0.15, 0.2) is 11.0 Å². The molecule has 5 fully saturated rings. The number of carbonyl (C=O) groups is 1. The van der Waals surface area contributed by atoms with E-state index in [9.17, 15) is 13.6 Å². The number of hydrogen-bond donors (Lipinski definition) is 0. The van der Waals surface area contributed by atoms with Gasteiger partial charge in [0.2, 0.25) is 5.88 Å². The average Bonchev–Trinajstić information content (AvgIpc) is 3.20. The lowest BCUT2D eigenvalue weighted by molar-refractivity contribution is 0.000923. The molecule has 6 atom stereocenters. The van der Waals surface area contributed by atoms with Crippen LogP contribution in [0.15, 0.2) is 0 Å². The molecule has 2 bridgehead atoms. The number of amides is 1. The first-order valence-electron chi connectivity index (χ1n) is 15.5. The van der Waals surface area contributed by atoms with E-state index in [1.807, 2.05) is 32.6 Å². The number of hydrogen-bond acceptors (Lipinski definition) is 9. The second-order valence-corrected chi connectivity index (χ2v) is 15.0. The van der Waals surface area contributed by atoms with Crippen LogP contribution in [-0.4, -0.2) is 98.4 Å². The van der Waals surface area contributed by atoms with E-state index in [-0.39, 0.29) is 65.2 Å². The minimum absolute atomic E-state index is 0.0560. The van der Waals surface area contributed by atoms with Crippen LogP contribution >= 0.6 is 11.6 Å². The highest BCUT2D eigenvalue weighted by molar-refractivity contribution is 6.30. The molecule has 1 spiro atoms. The molecule has 1 unspecified atom stereocenters. The number of carbonyl (C=O) groups excluding carboxylic acids is 1. The molecule has 0 radical (unpaired) electrons. The smallest absolute Gasteiger partial charge is 0.410 e. The first kappa shape index (κ1) is 28.7. The fourth-order valence-corrected chi connectivity index (χ4v) is 8.87. The summed E-state index contributed by atoms with van der Waals surface area (Å²) >= 11 is 6.23. The van der Waals surface area contributed by atoms with E-state index in [1.165, 1.54) is 0 Å². The maximum absolute atomic E-state index is 15.6. The highest BCUT2D eigenvalue weighted by Gasteiger charge is 2.77. The normalized spacial score (nSPS) is 35.0. The van der Waals surface area contributed by atoms with Crippen molar-refractivity contribution >= 4 is 34.4 Å². The third-order valence-corrected chi connectivity index (χ3v) is 10.9. The fourth-order valence-electron chi connectivity index (χ4n) is 8.71. The molecule has 4 saturated heterocycles. The molecule has 2 aromatic heterocycles. The van der Waals surface area contributed by atoms with Gasteiger partial charge in [0.05, 0.1) is 29.1 Å². The zero-order chi connectivity index (χ0) is 31.0. The molecule has 44 heavy (non-hydrogen) atoms. The van der Waals surface area contributed by atoms with Crippen LogP contribution in [0.4, 0.5) is 23.8 Å². The number of piperazine rings is 1. The van der Waals surface area contributed by atoms with Crippen molar-refractivity contribution in [3.05, 3.63) is 11.0 Å². The van der Waals surface area contributed by atoms with Crippen molar-refractivity contribution in [2.45, 2.75) is 108 Å². The molecule has 5 aliphatic heterocycles. The minimum Gasteiger partial charge on any atom is -0.472 e. The number of rotatable bonds is 3. The molecule has 1 aliphatic carbocycles. The third-order valence-electron chi connectivity index (χ3n) is 10.6. The summed E-state index contributed by atoms with van der Waals surface area (Å²) in [6.45, 7) is 9.04. The van der Waals surface area contributed by atoms with Crippen LogP contribution in [0, 0.1) is 11.2 Å². The number of fused-ring (bicyclic) bond motifs is 6. The molecule has 0 N–H and O–H groups in total. The molecule has 1 amide bonds. The Labute approximate surface area is 258 Å². The van der Waals surface area contributed by atoms with E-state index in [0.717, 1.165) is 32.2 Å². The molecule has 7 heterocycles. The Morgan fingerprint density at radius 2 is 1.95 bits per heavy atom. The van der Waals surface area contributed by atoms with Crippen LogP contribution in [0.1, 0.15) is 66.2 Å². The van der Waals surface area contributed by atoms with Gasteiger partial charge in [0.1, 0.15) is 35.0 Å². The molecule has 10 nitrogen and oxygen atoms in total. The monoisotopic (exact) mass is 636 g/mol. The summed E-state index contributed by atoms with van der Waals surface area (Å²) in [5, 5.41) is -0.0989. The van der Waals surface area contributed by atoms with Crippen LogP contribution in [-0.2, 0) is 4.74 Å². The van der Waals surface area contributed by atoms with E-state index in [0.29, 0.717) is 25.3 Å². The summed E-state index contributed by atoms with van der Waals surface area (Å²) < 4.78 is 62.7. The van der Waals surface area contributed by atoms with Gasteiger partial charge in [0.25, 0.3) is 5.92 Å². The third kappa shape index (κ3) is 4.09. The van der Waals surface area contributed by atoms with Crippen LogP contribution in [0.5, 0.6) is 11.9 Å². The Morgan fingerprint density at radius 1 is 1.18 bits per heavy atom. The Morgan fingerprint density at radius 3 is 2.68 bits per heavy atom. The van der Waals surface area contributed by atoms with Crippen LogP contribution in [0.3, 0.4) is 0 Å². The number of pyridine rings is 1. The lowest BCUT2D eigenvalue weighted by Crippen LogP contribution is -2.65. The second kappa shape index (κ2) is 9.14. The van der Waals surface area contributed by atoms with Gasteiger partial charge in [-0.25, -0.2) is 18.0 Å². The topological polar surface area (TPSA) is 93.2 Å². The zero-order valence-electron chi connectivity index (χ0n) is 25.2. The second-order valence-electron chi connectivity index (χ2n) is 14.6. The van der Waals surface area contributed by atoms with Crippen LogP contribution < -0.4 is 14.4 Å². The lowest BCUT2D eigenvalue weighted by atomic mass is 9.89. The van der Waals surface area contributed by atoms with E-state index in [4.69, 9.17) is 30.8 Å². The van der Waals surface area contributed by atoms with Crippen molar-refractivity contribution < 1.29 is 32.2 Å². The molecule has 14 heteroatoms. The molecule has 6 aliphatic rings. The predicted molar refractivity (Wildman–Crippen MR) is 154 cm³/mol. The van der Waals surface area contributed by atoms with Crippen molar-refractivity contribution in [2.75, 3.05) is 31.1 Å². The van der Waals surface area contributed by atoms with Gasteiger partial charge < -0.3 is 19.1 Å².